The SMILES string of the molecule is Cc1ccc(-c2noc(-c3cc(O)cc(O)c3)n2)cc1. The highest BCUT2D eigenvalue weighted by Crippen LogP contribution is 2.28. The molecule has 3 aromatic rings. The van der Waals surface area contributed by atoms with Gasteiger partial charge >= 0.3 is 0 Å². The Labute approximate surface area is 115 Å². The summed E-state index contributed by atoms with van der Waals surface area (Å²) in [5.41, 5.74) is 2.46. The fourth-order valence-electron chi connectivity index (χ4n) is 1.88. The summed E-state index contributed by atoms with van der Waals surface area (Å²) >= 11 is 0. The van der Waals surface area contributed by atoms with Crippen molar-refractivity contribution < 1.29 is 14.7 Å². The van der Waals surface area contributed by atoms with Gasteiger partial charge in [-0.25, -0.2) is 0 Å². The molecular formula is C15H12N2O3. The number of aryl methyl sites for hydroxylation is 1. The highest BCUT2D eigenvalue weighted by Gasteiger charge is 2.12. The van der Waals surface area contributed by atoms with Crippen molar-refractivity contribution in [1.29, 1.82) is 0 Å². The molecule has 100 valence electrons. The molecule has 2 N–H and O–H groups in total. The van der Waals surface area contributed by atoms with Crippen LogP contribution >= 0.6 is 0 Å². The number of aromatic hydroxyl groups is 2. The Balaban J connectivity index is 1.99. The van der Waals surface area contributed by atoms with E-state index in [-0.39, 0.29) is 17.4 Å². The normalized spacial score (nSPS) is 10.7. The maximum absolute atomic E-state index is 9.46. The van der Waals surface area contributed by atoms with E-state index in [1.807, 2.05) is 31.2 Å². The van der Waals surface area contributed by atoms with E-state index in [1.165, 1.54) is 18.2 Å². The van der Waals surface area contributed by atoms with Crippen molar-refractivity contribution in [2.24, 2.45) is 0 Å². The molecule has 2 aromatic carbocycles. The van der Waals surface area contributed by atoms with Crippen LogP contribution in [0.4, 0.5) is 0 Å². The van der Waals surface area contributed by atoms with E-state index in [0.717, 1.165) is 11.1 Å². The summed E-state index contributed by atoms with van der Waals surface area (Å²) in [6, 6.07) is 11.9. The number of hydrogen-bond donors (Lipinski definition) is 2. The van der Waals surface area contributed by atoms with Crippen molar-refractivity contribution in [2.75, 3.05) is 0 Å². The van der Waals surface area contributed by atoms with E-state index < -0.39 is 0 Å². The third kappa shape index (κ3) is 2.33. The maximum atomic E-state index is 9.46. The Morgan fingerprint density at radius 2 is 1.55 bits per heavy atom. The number of benzene rings is 2. The molecule has 1 aromatic heterocycles. The first-order valence-corrected chi connectivity index (χ1v) is 6.06. The van der Waals surface area contributed by atoms with Crippen LogP contribution in [0.25, 0.3) is 22.8 Å². The molecule has 0 spiro atoms. The van der Waals surface area contributed by atoms with Gasteiger partial charge in [0.2, 0.25) is 5.82 Å². The lowest BCUT2D eigenvalue weighted by Gasteiger charge is -1.98. The van der Waals surface area contributed by atoms with Crippen LogP contribution in [0, 0.1) is 6.92 Å². The predicted octanol–water partition coefficient (Wildman–Crippen LogP) is 3.12. The van der Waals surface area contributed by atoms with Crippen molar-refractivity contribution in [3.05, 3.63) is 48.0 Å². The van der Waals surface area contributed by atoms with Crippen LogP contribution in [-0.4, -0.2) is 20.4 Å². The number of phenols is 2. The third-order valence-electron chi connectivity index (χ3n) is 2.89. The first-order valence-electron chi connectivity index (χ1n) is 6.06. The molecule has 0 unspecified atom stereocenters. The van der Waals surface area contributed by atoms with Crippen LogP contribution in [0.1, 0.15) is 5.56 Å². The van der Waals surface area contributed by atoms with Crippen LogP contribution in [0.2, 0.25) is 0 Å². The molecule has 0 amide bonds. The Hall–Kier alpha value is -2.82. The maximum Gasteiger partial charge on any atom is 0.258 e. The number of hydrogen-bond acceptors (Lipinski definition) is 5. The number of phenolic OH excluding ortho intramolecular Hbond substituents is 2. The lowest BCUT2D eigenvalue weighted by molar-refractivity contribution is 0.428. The molecule has 0 bridgehead atoms. The topological polar surface area (TPSA) is 79.4 Å². The number of aromatic nitrogens is 2. The van der Waals surface area contributed by atoms with Crippen LogP contribution in [0.5, 0.6) is 11.5 Å². The smallest absolute Gasteiger partial charge is 0.258 e. The molecule has 0 radical (unpaired) electrons. The second-order valence-electron chi connectivity index (χ2n) is 4.53. The van der Waals surface area contributed by atoms with Gasteiger partial charge in [0.1, 0.15) is 11.5 Å². The van der Waals surface area contributed by atoms with Gasteiger partial charge in [0.25, 0.3) is 5.89 Å². The van der Waals surface area contributed by atoms with Gasteiger partial charge in [0, 0.05) is 17.2 Å². The largest absolute Gasteiger partial charge is 0.508 e. The van der Waals surface area contributed by atoms with Gasteiger partial charge in [-0.1, -0.05) is 35.0 Å². The van der Waals surface area contributed by atoms with Crippen molar-refractivity contribution in [3.8, 4) is 34.3 Å². The lowest BCUT2D eigenvalue weighted by Crippen LogP contribution is -1.82. The van der Waals surface area contributed by atoms with Crippen LogP contribution in [-0.2, 0) is 0 Å². The van der Waals surface area contributed by atoms with Gasteiger partial charge in [0.15, 0.2) is 0 Å². The zero-order valence-electron chi connectivity index (χ0n) is 10.7. The average Bonchev–Trinajstić information content (AvgIpc) is 2.88. The van der Waals surface area contributed by atoms with E-state index in [2.05, 4.69) is 10.1 Å². The van der Waals surface area contributed by atoms with Gasteiger partial charge in [-0.05, 0) is 19.1 Å². The zero-order valence-corrected chi connectivity index (χ0v) is 10.7. The molecule has 5 nitrogen and oxygen atoms in total. The van der Waals surface area contributed by atoms with Crippen molar-refractivity contribution in [1.82, 2.24) is 10.1 Å². The first kappa shape index (κ1) is 12.2. The quantitative estimate of drug-likeness (QED) is 0.746. The van der Waals surface area contributed by atoms with E-state index in [9.17, 15) is 10.2 Å². The highest BCUT2D eigenvalue weighted by molar-refractivity contribution is 5.62. The summed E-state index contributed by atoms with van der Waals surface area (Å²) < 4.78 is 5.16. The van der Waals surface area contributed by atoms with Crippen molar-refractivity contribution >= 4 is 0 Å². The van der Waals surface area contributed by atoms with E-state index in [1.54, 1.807) is 0 Å². The molecule has 1 heterocycles. The van der Waals surface area contributed by atoms with Crippen LogP contribution < -0.4 is 0 Å². The summed E-state index contributed by atoms with van der Waals surface area (Å²) in [7, 11) is 0. The van der Waals surface area contributed by atoms with Gasteiger partial charge in [0.05, 0.1) is 0 Å². The zero-order chi connectivity index (χ0) is 14.1. The molecule has 0 aliphatic carbocycles. The highest BCUT2D eigenvalue weighted by atomic mass is 16.5. The minimum absolute atomic E-state index is 0.0601. The summed E-state index contributed by atoms with van der Waals surface area (Å²) in [5, 5.41) is 22.8. The van der Waals surface area contributed by atoms with E-state index in [0.29, 0.717) is 11.4 Å². The Bertz CT molecular complexity index is 728. The predicted molar refractivity (Wildman–Crippen MR) is 73.2 cm³/mol. The van der Waals surface area contributed by atoms with E-state index in [4.69, 9.17) is 4.52 Å². The Morgan fingerprint density at radius 1 is 0.900 bits per heavy atom. The molecule has 3 rings (SSSR count). The second-order valence-corrected chi connectivity index (χ2v) is 4.53. The first-order chi connectivity index (χ1) is 9.61. The summed E-state index contributed by atoms with van der Waals surface area (Å²) in [4.78, 5) is 4.26. The fraction of sp³-hybridized carbons (Fsp3) is 0.0667. The molecule has 0 fully saturated rings. The molecule has 0 aliphatic rings. The molecule has 0 aliphatic heterocycles. The van der Waals surface area contributed by atoms with Gasteiger partial charge in [-0.15, -0.1) is 0 Å². The van der Waals surface area contributed by atoms with Crippen molar-refractivity contribution in [3.63, 3.8) is 0 Å². The third-order valence-corrected chi connectivity index (χ3v) is 2.89. The monoisotopic (exact) mass is 268 g/mol. The van der Waals surface area contributed by atoms with Crippen LogP contribution in [0.15, 0.2) is 47.0 Å². The fourth-order valence-corrected chi connectivity index (χ4v) is 1.88. The summed E-state index contributed by atoms with van der Waals surface area (Å²) in [5.74, 6) is 0.583. The molecule has 5 heteroatoms. The molecule has 0 saturated heterocycles. The van der Waals surface area contributed by atoms with Crippen LogP contribution in [0.3, 0.4) is 0 Å². The minimum atomic E-state index is -0.0601. The molecule has 0 atom stereocenters. The number of rotatable bonds is 2. The van der Waals surface area contributed by atoms with Gasteiger partial charge in [-0.3, -0.25) is 0 Å². The summed E-state index contributed by atoms with van der Waals surface area (Å²) in [6.07, 6.45) is 0. The number of nitrogens with zero attached hydrogens (tertiary/aromatic N) is 2. The average molecular weight is 268 g/mol. The minimum Gasteiger partial charge on any atom is -0.508 e. The van der Waals surface area contributed by atoms with Gasteiger partial charge < -0.3 is 14.7 Å². The van der Waals surface area contributed by atoms with Gasteiger partial charge in [-0.2, -0.15) is 4.98 Å². The standard InChI is InChI=1S/C15H12N2O3/c1-9-2-4-10(5-3-9)14-16-15(20-17-14)11-6-12(18)8-13(19)7-11/h2-8,18-19H,1H3. The lowest BCUT2D eigenvalue weighted by atomic mass is 10.1. The van der Waals surface area contributed by atoms with E-state index >= 15 is 0 Å². The Morgan fingerprint density at radius 3 is 2.20 bits per heavy atom. The second kappa shape index (κ2) is 4.70. The summed E-state index contributed by atoms with van der Waals surface area (Å²) in [6.45, 7) is 2.00. The Kier molecular flexibility index (Phi) is 2.87. The molecule has 0 saturated carbocycles. The molecular weight excluding hydrogens is 256 g/mol. The van der Waals surface area contributed by atoms with Crippen molar-refractivity contribution in [2.45, 2.75) is 6.92 Å². The molecule has 20 heavy (non-hydrogen) atoms.